The number of hydrogen-bond donors (Lipinski definition) is 0. The molecule has 0 aromatic heterocycles. The van der Waals surface area contributed by atoms with Crippen LogP contribution in [0.5, 0.6) is 0 Å². The Morgan fingerprint density at radius 1 is 0.448 bits per heavy atom. The number of thioether (sulfide) groups is 2. The average Bonchev–Trinajstić information content (AvgIpc) is 3.74. The zero-order chi connectivity index (χ0) is 42.2. The monoisotopic (exact) mass is 858 g/mol. The van der Waals surface area contributed by atoms with Gasteiger partial charge in [-0.25, -0.2) is 0 Å². The first-order chi connectivity index (χ1) is 28.4. The Kier molecular flexibility index (Phi) is 39.3. The summed E-state index contributed by atoms with van der Waals surface area (Å²) >= 11 is 2.89. The summed E-state index contributed by atoms with van der Waals surface area (Å²) in [6.07, 6.45) is 31.2. The second-order valence-corrected chi connectivity index (χ2v) is 19.0. The van der Waals surface area contributed by atoms with E-state index < -0.39 is 0 Å². The minimum Gasteiger partial charge on any atom is -0.465 e. The van der Waals surface area contributed by atoms with Crippen molar-refractivity contribution >= 4 is 41.4 Å². The minimum atomic E-state index is -0.251. The van der Waals surface area contributed by atoms with Crippen molar-refractivity contribution in [1.29, 1.82) is 0 Å². The van der Waals surface area contributed by atoms with Gasteiger partial charge in [0, 0.05) is 12.4 Å². The van der Waals surface area contributed by atoms with Gasteiger partial charge in [-0.1, -0.05) is 130 Å². The molecule has 0 aliphatic carbocycles. The van der Waals surface area contributed by atoms with Gasteiger partial charge in [0.15, 0.2) is 0 Å². The van der Waals surface area contributed by atoms with Gasteiger partial charge < -0.3 is 23.8 Å². The molecule has 1 fully saturated rings. The molecule has 10 heteroatoms. The summed E-state index contributed by atoms with van der Waals surface area (Å²) in [5, 5.41) is 0. The first kappa shape index (κ1) is 55.0. The van der Waals surface area contributed by atoms with Crippen LogP contribution in [0.15, 0.2) is 0 Å². The average molecular weight is 858 g/mol. The molecule has 0 amide bonds. The second kappa shape index (κ2) is 41.4. The van der Waals surface area contributed by atoms with Crippen LogP contribution in [0.3, 0.4) is 0 Å². The minimum absolute atomic E-state index is 0.100. The number of ether oxygens (including phenoxy) is 4. The zero-order valence-electron chi connectivity index (χ0n) is 38.2. The van der Waals surface area contributed by atoms with E-state index >= 15 is 0 Å². The second-order valence-electron chi connectivity index (χ2n) is 17.0. The van der Waals surface area contributed by atoms with Gasteiger partial charge in [0.1, 0.15) is 0 Å². The van der Waals surface area contributed by atoms with Crippen LogP contribution in [0, 0.1) is 17.8 Å². The molecule has 1 heterocycles. The third-order valence-corrected chi connectivity index (χ3v) is 13.5. The van der Waals surface area contributed by atoms with E-state index in [9.17, 15) is 14.4 Å². The molecule has 0 aromatic carbocycles. The van der Waals surface area contributed by atoms with Gasteiger partial charge in [0.2, 0.25) is 0 Å². The Morgan fingerprint density at radius 2 is 0.845 bits per heavy atom. The molecule has 1 aliphatic heterocycles. The molecule has 0 saturated carbocycles. The van der Waals surface area contributed by atoms with E-state index in [4.69, 9.17) is 18.9 Å². The molecule has 0 spiro atoms. The molecule has 0 radical (unpaired) electrons. The van der Waals surface area contributed by atoms with E-state index in [-0.39, 0.29) is 29.4 Å². The molecule has 1 atom stereocenters. The standard InChI is InChI=1S/C48H91NO7S2/c1-5-9-13-22-44(23-14-10-6-2)29-36-55-46(50)40-57-39-38-53-34-20-27-43(26-19-33-49-31-17-18-32-49)28-21-35-54-47(51)41-58-42-48(52)56-37-30-45(24-15-11-7-3)25-16-12-8-4/h43-45H,5-42H2,1-4H3. The lowest BCUT2D eigenvalue weighted by Crippen LogP contribution is -2.21. The van der Waals surface area contributed by atoms with E-state index in [0.29, 0.717) is 49.9 Å². The van der Waals surface area contributed by atoms with Crippen LogP contribution in [-0.4, -0.2) is 98.5 Å². The molecular weight excluding hydrogens is 767 g/mol. The van der Waals surface area contributed by atoms with E-state index in [1.807, 2.05) is 0 Å². The lowest BCUT2D eigenvalue weighted by Gasteiger charge is -2.20. The fraction of sp³-hybridized carbons (Fsp3) is 0.938. The van der Waals surface area contributed by atoms with Crippen LogP contribution in [0.2, 0.25) is 0 Å². The quantitative estimate of drug-likeness (QED) is 0.0335. The molecule has 0 aromatic rings. The lowest BCUT2D eigenvalue weighted by atomic mass is 9.92. The highest BCUT2D eigenvalue weighted by molar-refractivity contribution is 8.00. The summed E-state index contributed by atoms with van der Waals surface area (Å²) in [7, 11) is 0. The van der Waals surface area contributed by atoms with E-state index in [1.165, 1.54) is 160 Å². The molecular formula is C48H91NO7S2. The normalized spacial score (nSPS) is 13.8. The van der Waals surface area contributed by atoms with Crippen LogP contribution in [0.25, 0.3) is 0 Å². The maximum absolute atomic E-state index is 12.4. The summed E-state index contributed by atoms with van der Waals surface area (Å²) in [4.78, 5) is 39.6. The largest absolute Gasteiger partial charge is 0.465 e. The predicted octanol–water partition coefficient (Wildman–Crippen LogP) is 12.5. The molecule has 1 rings (SSSR count). The Balaban J connectivity index is 2.23. The van der Waals surface area contributed by atoms with Crippen molar-refractivity contribution in [2.45, 2.75) is 195 Å². The van der Waals surface area contributed by atoms with Crippen LogP contribution < -0.4 is 0 Å². The van der Waals surface area contributed by atoms with E-state index in [1.54, 1.807) is 11.8 Å². The maximum Gasteiger partial charge on any atom is 0.315 e. The van der Waals surface area contributed by atoms with Crippen molar-refractivity contribution in [1.82, 2.24) is 4.90 Å². The van der Waals surface area contributed by atoms with Crippen molar-refractivity contribution in [3.8, 4) is 0 Å². The fourth-order valence-electron chi connectivity index (χ4n) is 8.07. The molecule has 58 heavy (non-hydrogen) atoms. The molecule has 1 unspecified atom stereocenters. The van der Waals surface area contributed by atoms with E-state index in [0.717, 1.165) is 50.9 Å². The summed E-state index contributed by atoms with van der Waals surface area (Å²) in [5.41, 5.74) is 0. The number of rotatable bonds is 43. The van der Waals surface area contributed by atoms with Gasteiger partial charge >= 0.3 is 17.9 Å². The third-order valence-electron chi connectivity index (χ3n) is 11.7. The summed E-state index contributed by atoms with van der Waals surface area (Å²) < 4.78 is 22.6. The molecule has 1 saturated heterocycles. The summed E-state index contributed by atoms with van der Waals surface area (Å²) in [6.45, 7) is 15.5. The van der Waals surface area contributed by atoms with Gasteiger partial charge in [-0.2, -0.15) is 0 Å². The van der Waals surface area contributed by atoms with Crippen molar-refractivity contribution in [3.63, 3.8) is 0 Å². The smallest absolute Gasteiger partial charge is 0.315 e. The van der Waals surface area contributed by atoms with Crippen molar-refractivity contribution in [2.24, 2.45) is 17.8 Å². The Labute approximate surface area is 366 Å². The predicted molar refractivity (Wildman–Crippen MR) is 248 cm³/mol. The Morgan fingerprint density at radius 3 is 1.33 bits per heavy atom. The Bertz CT molecular complexity index is 931. The van der Waals surface area contributed by atoms with Crippen molar-refractivity contribution in [2.75, 3.05) is 75.7 Å². The molecule has 8 nitrogen and oxygen atoms in total. The highest BCUT2D eigenvalue weighted by Crippen LogP contribution is 2.24. The van der Waals surface area contributed by atoms with Crippen LogP contribution >= 0.6 is 23.5 Å². The SMILES string of the molecule is CCCCCC(CCCCC)CCOC(=O)CSCCOCCCC(CCCOC(=O)CSCC(=O)OCCC(CCCCC)CCCCC)CCCN1CCCC1. The number of carbonyl (C=O) groups is 3. The number of likely N-dealkylation sites (tertiary alicyclic amines) is 1. The summed E-state index contributed by atoms with van der Waals surface area (Å²) in [6, 6.07) is 0. The highest BCUT2D eigenvalue weighted by atomic mass is 32.2. The van der Waals surface area contributed by atoms with E-state index in [2.05, 4.69) is 32.6 Å². The topological polar surface area (TPSA) is 91.4 Å². The first-order valence-electron chi connectivity index (χ1n) is 24.3. The lowest BCUT2D eigenvalue weighted by molar-refractivity contribution is -0.141. The third kappa shape index (κ3) is 34.7. The van der Waals surface area contributed by atoms with Crippen LogP contribution in [-0.2, 0) is 33.3 Å². The molecule has 342 valence electrons. The van der Waals surface area contributed by atoms with Gasteiger partial charge in [-0.3, -0.25) is 14.4 Å². The fourth-order valence-corrected chi connectivity index (χ4v) is 9.30. The maximum atomic E-state index is 12.4. The van der Waals surface area contributed by atoms with Gasteiger partial charge in [-0.05, 0) is 102 Å². The number of esters is 3. The number of unbranched alkanes of at least 4 members (excludes halogenated alkanes) is 8. The number of nitrogens with zero attached hydrogens (tertiary/aromatic N) is 1. The Hall–Kier alpha value is -0.970. The van der Waals surface area contributed by atoms with Gasteiger partial charge in [0.25, 0.3) is 0 Å². The summed E-state index contributed by atoms with van der Waals surface area (Å²) in [5.74, 6) is 2.90. The molecule has 0 bridgehead atoms. The van der Waals surface area contributed by atoms with Crippen LogP contribution in [0.1, 0.15) is 195 Å². The highest BCUT2D eigenvalue weighted by Gasteiger charge is 2.16. The molecule has 1 aliphatic rings. The van der Waals surface area contributed by atoms with Crippen molar-refractivity contribution < 1.29 is 33.3 Å². The first-order valence-corrected chi connectivity index (χ1v) is 26.6. The number of carbonyl (C=O) groups excluding carboxylic acids is 3. The van der Waals surface area contributed by atoms with Crippen LogP contribution in [0.4, 0.5) is 0 Å². The van der Waals surface area contributed by atoms with Gasteiger partial charge in [0.05, 0.1) is 43.7 Å². The number of hydrogen-bond acceptors (Lipinski definition) is 10. The van der Waals surface area contributed by atoms with Gasteiger partial charge in [-0.15, -0.1) is 23.5 Å². The molecule has 0 N–H and O–H groups in total. The zero-order valence-corrected chi connectivity index (χ0v) is 39.9. The van der Waals surface area contributed by atoms with Crippen molar-refractivity contribution in [3.05, 3.63) is 0 Å².